The Balaban J connectivity index is 1.84. The zero-order valence-electron chi connectivity index (χ0n) is 10.5. The van der Waals surface area contributed by atoms with Crippen molar-refractivity contribution >= 4 is 27.3 Å². The average Bonchev–Trinajstić information content (AvgIpc) is 2.98. The fourth-order valence-electron chi connectivity index (χ4n) is 3.90. The lowest BCUT2D eigenvalue weighted by Crippen LogP contribution is -2.28. The van der Waals surface area contributed by atoms with Gasteiger partial charge < -0.3 is 5.32 Å². The summed E-state index contributed by atoms with van der Waals surface area (Å²) in [6.45, 7) is 2.20. The van der Waals surface area contributed by atoms with E-state index in [1.807, 2.05) is 11.3 Å². The number of thiophene rings is 1. The van der Waals surface area contributed by atoms with E-state index in [4.69, 9.17) is 0 Å². The normalized spacial score (nSPS) is 33.2. The Hall–Kier alpha value is 0.140. The van der Waals surface area contributed by atoms with Gasteiger partial charge in [0.2, 0.25) is 0 Å². The molecule has 2 aliphatic carbocycles. The third-order valence-electron chi connectivity index (χ3n) is 4.71. The Morgan fingerprint density at radius 1 is 1.41 bits per heavy atom. The second-order valence-corrected chi connectivity index (χ2v) is 7.80. The highest BCUT2D eigenvalue weighted by Gasteiger charge is 2.43. The summed E-state index contributed by atoms with van der Waals surface area (Å²) in [7, 11) is 2.12. The molecule has 1 aromatic rings. The van der Waals surface area contributed by atoms with Gasteiger partial charge in [-0.05, 0) is 73.0 Å². The molecule has 1 N–H and O–H groups in total. The molecule has 0 spiro atoms. The molecule has 3 heteroatoms. The van der Waals surface area contributed by atoms with Gasteiger partial charge in [-0.2, -0.15) is 0 Å². The third-order valence-corrected chi connectivity index (χ3v) is 6.93. The standard InChI is InChI=1S/C14H20BrNS/c1-8-12(15)7-13(17-8)14(16-2)11-6-9-3-4-10(11)5-9/h7,9-11,14,16H,3-6H2,1-2H3. The predicted octanol–water partition coefficient (Wildman–Crippen LogP) is 4.52. The molecule has 94 valence electrons. The molecular formula is C14H20BrNS. The molecule has 2 aliphatic rings. The van der Waals surface area contributed by atoms with Crippen LogP contribution in [0.2, 0.25) is 0 Å². The SMILES string of the molecule is CNC(c1cc(Br)c(C)s1)C1CC2CCC1C2. The van der Waals surface area contributed by atoms with Crippen LogP contribution < -0.4 is 5.32 Å². The summed E-state index contributed by atoms with van der Waals surface area (Å²) in [5.74, 6) is 2.90. The van der Waals surface area contributed by atoms with E-state index in [0.717, 1.165) is 17.8 Å². The number of rotatable bonds is 3. The van der Waals surface area contributed by atoms with Crippen molar-refractivity contribution in [3.8, 4) is 0 Å². The Bertz CT molecular complexity index is 395. The summed E-state index contributed by atoms with van der Waals surface area (Å²) in [6, 6.07) is 2.91. The van der Waals surface area contributed by atoms with E-state index in [1.165, 1.54) is 39.9 Å². The molecule has 0 amide bonds. The summed E-state index contributed by atoms with van der Waals surface area (Å²) >= 11 is 5.60. The molecule has 0 aliphatic heterocycles. The predicted molar refractivity (Wildman–Crippen MR) is 77.5 cm³/mol. The minimum Gasteiger partial charge on any atom is -0.312 e. The molecule has 0 aromatic carbocycles. The van der Waals surface area contributed by atoms with E-state index in [2.05, 4.69) is 41.3 Å². The zero-order valence-corrected chi connectivity index (χ0v) is 12.9. The topological polar surface area (TPSA) is 12.0 Å². The number of aryl methyl sites for hydroxylation is 1. The van der Waals surface area contributed by atoms with E-state index in [9.17, 15) is 0 Å². The fraction of sp³-hybridized carbons (Fsp3) is 0.714. The van der Waals surface area contributed by atoms with Gasteiger partial charge in [0.15, 0.2) is 0 Å². The van der Waals surface area contributed by atoms with Crippen LogP contribution in [-0.4, -0.2) is 7.05 Å². The monoisotopic (exact) mass is 313 g/mol. The van der Waals surface area contributed by atoms with Gasteiger partial charge in [0.1, 0.15) is 0 Å². The van der Waals surface area contributed by atoms with Crippen LogP contribution in [0.4, 0.5) is 0 Å². The first kappa shape index (κ1) is 12.2. The van der Waals surface area contributed by atoms with Crippen molar-refractivity contribution in [2.75, 3.05) is 7.05 Å². The average molecular weight is 314 g/mol. The first-order valence-electron chi connectivity index (χ1n) is 6.62. The highest BCUT2D eigenvalue weighted by molar-refractivity contribution is 9.10. The molecule has 1 aromatic heterocycles. The molecule has 4 atom stereocenters. The Morgan fingerprint density at radius 3 is 2.71 bits per heavy atom. The zero-order chi connectivity index (χ0) is 12.0. The molecule has 2 fully saturated rings. The van der Waals surface area contributed by atoms with Gasteiger partial charge in [0.05, 0.1) is 0 Å². The highest BCUT2D eigenvalue weighted by Crippen LogP contribution is 2.53. The lowest BCUT2D eigenvalue weighted by Gasteiger charge is -2.29. The van der Waals surface area contributed by atoms with Crippen LogP contribution in [0.15, 0.2) is 10.5 Å². The molecule has 3 rings (SSSR count). The van der Waals surface area contributed by atoms with Crippen LogP contribution in [0.5, 0.6) is 0 Å². The van der Waals surface area contributed by atoms with Gasteiger partial charge in [-0.25, -0.2) is 0 Å². The van der Waals surface area contributed by atoms with Crippen LogP contribution in [0.25, 0.3) is 0 Å². The van der Waals surface area contributed by atoms with Crippen LogP contribution in [0.1, 0.15) is 41.5 Å². The molecule has 17 heavy (non-hydrogen) atoms. The number of hydrogen-bond acceptors (Lipinski definition) is 2. The molecule has 2 saturated carbocycles. The van der Waals surface area contributed by atoms with E-state index in [1.54, 1.807) is 0 Å². The van der Waals surface area contributed by atoms with Crippen LogP contribution in [0.3, 0.4) is 0 Å². The molecular weight excluding hydrogens is 294 g/mol. The molecule has 2 bridgehead atoms. The van der Waals surface area contributed by atoms with Gasteiger partial charge in [-0.15, -0.1) is 11.3 Å². The fourth-order valence-corrected chi connectivity index (χ4v) is 5.65. The van der Waals surface area contributed by atoms with E-state index in [-0.39, 0.29) is 0 Å². The van der Waals surface area contributed by atoms with Gasteiger partial charge >= 0.3 is 0 Å². The van der Waals surface area contributed by atoms with Crippen LogP contribution in [-0.2, 0) is 0 Å². The van der Waals surface area contributed by atoms with Crippen LogP contribution in [0, 0.1) is 24.7 Å². The number of nitrogens with one attached hydrogen (secondary N) is 1. The maximum absolute atomic E-state index is 3.65. The third kappa shape index (κ3) is 2.11. The van der Waals surface area contributed by atoms with E-state index < -0.39 is 0 Å². The van der Waals surface area contributed by atoms with Crippen LogP contribution >= 0.6 is 27.3 Å². The largest absolute Gasteiger partial charge is 0.312 e. The Morgan fingerprint density at radius 2 is 2.24 bits per heavy atom. The first-order valence-corrected chi connectivity index (χ1v) is 8.23. The maximum atomic E-state index is 3.65. The first-order chi connectivity index (χ1) is 8.19. The number of hydrogen-bond donors (Lipinski definition) is 1. The molecule has 0 saturated heterocycles. The molecule has 0 radical (unpaired) electrons. The molecule has 1 nitrogen and oxygen atoms in total. The summed E-state index contributed by atoms with van der Waals surface area (Å²) in [5, 5.41) is 3.58. The van der Waals surface area contributed by atoms with E-state index >= 15 is 0 Å². The lowest BCUT2D eigenvalue weighted by molar-refractivity contribution is 0.262. The van der Waals surface area contributed by atoms with Gasteiger partial charge in [0.25, 0.3) is 0 Å². The van der Waals surface area contributed by atoms with Crippen molar-refractivity contribution in [3.63, 3.8) is 0 Å². The number of halogens is 1. The summed E-state index contributed by atoms with van der Waals surface area (Å²) in [5.41, 5.74) is 0. The van der Waals surface area contributed by atoms with Crippen molar-refractivity contribution in [1.29, 1.82) is 0 Å². The summed E-state index contributed by atoms with van der Waals surface area (Å²) in [4.78, 5) is 2.93. The van der Waals surface area contributed by atoms with Gasteiger partial charge in [-0.1, -0.05) is 6.42 Å². The summed E-state index contributed by atoms with van der Waals surface area (Å²) < 4.78 is 1.28. The second-order valence-electron chi connectivity index (χ2n) is 5.66. The Labute approximate surface area is 116 Å². The highest BCUT2D eigenvalue weighted by atomic mass is 79.9. The minimum absolute atomic E-state index is 0.584. The summed E-state index contributed by atoms with van der Waals surface area (Å²) in [6.07, 6.45) is 5.91. The van der Waals surface area contributed by atoms with Gasteiger partial charge in [-0.3, -0.25) is 0 Å². The van der Waals surface area contributed by atoms with E-state index in [0.29, 0.717) is 6.04 Å². The van der Waals surface area contributed by atoms with Crippen molar-refractivity contribution in [2.24, 2.45) is 17.8 Å². The quantitative estimate of drug-likeness (QED) is 0.865. The lowest BCUT2D eigenvalue weighted by atomic mass is 9.83. The number of fused-ring (bicyclic) bond motifs is 2. The Kier molecular flexibility index (Phi) is 3.35. The van der Waals surface area contributed by atoms with Gasteiger partial charge in [0, 0.05) is 20.3 Å². The smallest absolute Gasteiger partial charge is 0.0444 e. The maximum Gasteiger partial charge on any atom is 0.0444 e. The second kappa shape index (κ2) is 4.67. The minimum atomic E-state index is 0.584. The van der Waals surface area contributed by atoms with Crippen molar-refractivity contribution < 1.29 is 0 Å². The van der Waals surface area contributed by atoms with Crippen molar-refractivity contribution in [1.82, 2.24) is 5.32 Å². The van der Waals surface area contributed by atoms with Crippen molar-refractivity contribution in [2.45, 2.75) is 38.6 Å². The molecule has 4 unspecified atom stereocenters. The van der Waals surface area contributed by atoms with Crippen molar-refractivity contribution in [3.05, 3.63) is 20.3 Å². The molecule has 1 heterocycles.